The van der Waals surface area contributed by atoms with Gasteiger partial charge >= 0.3 is 5.97 Å². The summed E-state index contributed by atoms with van der Waals surface area (Å²) >= 11 is 0. The molecule has 0 atom stereocenters. The average molecular weight is 349 g/mol. The highest BCUT2D eigenvalue weighted by Gasteiger charge is 2.22. The topological polar surface area (TPSA) is 102 Å². The molecule has 2 aromatic carbocycles. The zero-order valence-corrected chi connectivity index (χ0v) is 13.6. The van der Waals surface area contributed by atoms with Crippen molar-refractivity contribution in [1.82, 2.24) is 4.72 Å². The maximum Gasteiger partial charge on any atom is 0.339 e. The molecule has 1 aliphatic rings. The number of fused-ring (bicyclic) bond motifs is 1. The van der Waals surface area contributed by atoms with Crippen LogP contribution in [0.2, 0.25) is 0 Å². The summed E-state index contributed by atoms with van der Waals surface area (Å²) in [6.07, 6.45) is 0. The van der Waals surface area contributed by atoms with E-state index in [1.54, 1.807) is 18.2 Å². The average Bonchev–Trinajstić information content (AvgIpc) is 2.60. The van der Waals surface area contributed by atoms with Crippen LogP contribution in [-0.4, -0.2) is 39.8 Å². The highest BCUT2D eigenvalue weighted by molar-refractivity contribution is 7.89. The van der Waals surface area contributed by atoms with Crippen LogP contribution in [0.4, 0.5) is 0 Å². The summed E-state index contributed by atoms with van der Waals surface area (Å²) in [6.45, 7) is 0.637. The minimum Gasteiger partial charge on any atom is -0.486 e. The third-order valence-electron chi connectivity index (χ3n) is 3.64. The molecule has 126 valence electrons. The molecule has 3 rings (SSSR count). The Labute approximate surface area is 138 Å². The number of carbonyl (C=O) groups is 1. The lowest BCUT2D eigenvalue weighted by Crippen LogP contribution is -2.18. The monoisotopic (exact) mass is 349 g/mol. The molecule has 0 unspecified atom stereocenters. The number of hydrogen-bond acceptors (Lipinski definition) is 5. The van der Waals surface area contributed by atoms with Crippen molar-refractivity contribution in [2.45, 2.75) is 4.90 Å². The highest BCUT2D eigenvalue weighted by Crippen LogP contribution is 2.38. The number of aromatic carboxylic acids is 1. The summed E-state index contributed by atoms with van der Waals surface area (Å²) in [4.78, 5) is 11.6. The van der Waals surface area contributed by atoms with E-state index in [1.807, 2.05) is 0 Å². The van der Waals surface area contributed by atoms with E-state index in [9.17, 15) is 18.3 Å². The maximum atomic E-state index is 11.8. The third-order valence-corrected chi connectivity index (χ3v) is 5.07. The van der Waals surface area contributed by atoms with Crippen LogP contribution in [-0.2, 0) is 10.0 Å². The van der Waals surface area contributed by atoms with E-state index >= 15 is 0 Å². The third kappa shape index (κ3) is 2.93. The number of nitrogens with one attached hydrogen (secondary N) is 1. The largest absolute Gasteiger partial charge is 0.486 e. The molecule has 1 heterocycles. The second-order valence-corrected chi connectivity index (χ2v) is 6.97. The van der Waals surface area contributed by atoms with Gasteiger partial charge in [0.25, 0.3) is 0 Å². The van der Waals surface area contributed by atoms with Gasteiger partial charge in [-0.15, -0.1) is 0 Å². The number of rotatable bonds is 4. The summed E-state index contributed by atoms with van der Waals surface area (Å²) in [5, 5.41) is 9.37. The molecule has 0 saturated heterocycles. The van der Waals surface area contributed by atoms with E-state index in [1.165, 1.54) is 25.2 Å². The van der Waals surface area contributed by atoms with E-state index in [0.29, 0.717) is 30.1 Å². The Balaban J connectivity index is 2.06. The first-order valence-electron chi connectivity index (χ1n) is 7.13. The van der Waals surface area contributed by atoms with Gasteiger partial charge in [0, 0.05) is 0 Å². The quantitative estimate of drug-likeness (QED) is 0.872. The Bertz CT molecular complexity index is 890. The number of ether oxygens (including phenoxy) is 2. The van der Waals surface area contributed by atoms with Gasteiger partial charge in [-0.25, -0.2) is 17.9 Å². The number of carboxylic acid groups (broad SMARTS) is 1. The molecule has 24 heavy (non-hydrogen) atoms. The zero-order chi connectivity index (χ0) is 17.3. The van der Waals surface area contributed by atoms with Gasteiger partial charge < -0.3 is 14.6 Å². The summed E-state index contributed by atoms with van der Waals surface area (Å²) in [5.41, 5.74) is 1.28. The van der Waals surface area contributed by atoms with Crippen molar-refractivity contribution < 1.29 is 27.8 Å². The molecular formula is C16H15NO6S. The zero-order valence-electron chi connectivity index (χ0n) is 12.8. The summed E-state index contributed by atoms with van der Waals surface area (Å²) < 4.78 is 36.6. The van der Waals surface area contributed by atoms with E-state index in [-0.39, 0.29) is 16.2 Å². The number of benzene rings is 2. The van der Waals surface area contributed by atoms with Crippen molar-refractivity contribution in [2.24, 2.45) is 0 Å². The molecule has 1 aliphatic heterocycles. The number of hydrogen-bond donors (Lipinski definition) is 2. The molecule has 0 bridgehead atoms. The Morgan fingerprint density at radius 1 is 1.08 bits per heavy atom. The Morgan fingerprint density at radius 3 is 2.38 bits per heavy atom. The predicted molar refractivity (Wildman–Crippen MR) is 86.1 cm³/mol. The Kier molecular flexibility index (Phi) is 4.16. The molecule has 7 nitrogen and oxygen atoms in total. The smallest absolute Gasteiger partial charge is 0.339 e. The Hall–Kier alpha value is -2.58. The van der Waals surface area contributed by atoms with Crippen LogP contribution in [0, 0.1) is 0 Å². The van der Waals surface area contributed by atoms with Crippen molar-refractivity contribution in [2.75, 3.05) is 20.3 Å². The Morgan fingerprint density at radius 2 is 1.75 bits per heavy atom. The van der Waals surface area contributed by atoms with E-state index in [4.69, 9.17) is 9.47 Å². The van der Waals surface area contributed by atoms with Crippen molar-refractivity contribution in [3.05, 3.63) is 42.0 Å². The van der Waals surface area contributed by atoms with E-state index in [2.05, 4.69) is 4.72 Å². The first-order chi connectivity index (χ1) is 11.4. The fourth-order valence-corrected chi connectivity index (χ4v) is 3.15. The molecule has 0 aliphatic carbocycles. The maximum absolute atomic E-state index is 11.8. The van der Waals surface area contributed by atoms with E-state index in [0.717, 1.165) is 0 Å². The molecule has 0 saturated carbocycles. The lowest BCUT2D eigenvalue weighted by Gasteiger charge is -2.21. The first kappa shape index (κ1) is 16.3. The standard InChI is InChI=1S/C16H15NO6S/c1-17-24(20,21)12-4-2-10(3-5-12)11-8-13(16(18)19)15-14(9-11)22-6-7-23-15/h2-5,8-9,17H,6-7H2,1H3,(H,18,19). The normalized spacial score (nSPS) is 13.5. The minimum atomic E-state index is -3.52. The molecular weight excluding hydrogens is 334 g/mol. The molecule has 0 aromatic heterocycles. The van der Waals surface area contributed by atoms with Gasteiger partial charge in [0.2, 0.25) is 10.0 Å². The molecule has 0 amide bonds. The second-order valence-electron chi connectivity index (χ2n) is 5.09. The SMILES string of the molecule is CNS(=O)(=O)c1ccc(-c2cc3c(c(C(=O)O)c2)OCCO3)cc1. The van der Waals surface area contributed by atoms with Crippen LogP contribution in [0.1, 0.15) is 10.4 Å². The lowest BCUT2D eigenvalue weighted by molar-refractivity contribution is 0.0686. The van der Waals surface area contributed by atoms with Crippen LogP contribution < -0.4 is 14.2 Å². The van der Waals surface area contributed by atoms with Crippen molar-refractivity contribution >= 4 is 16.0 Å². The van der Waals surface area contributed by atoms with Crippen LogP contribution >= 0.6 is 0 Å². The lowest BCUT2D eigenvalue weighted by atomic mass is 10.0. The summed E-state index contributed by atoms with van der Waals surface area (Å²) in [6, 6.07) is 9.30. The summed E-state index contributed by atoms with van der Waals surface area (Å²) in [7, 11) is -2.19. The molecule has 8 heteroatoms. The van der Waals surface area contributed by atoms with Crippen LogP contribution in [0.15, 0.2) is 41.3 Å². The van der Waals surface area contributed by atoms with Gasteiger partial charge in [0.15, 0.2) is 11.5 Å². The van der Waals surface area contributed by atoms with Crippen LogP contribution in [0.3, 0.4) is 0 Å². The first-order valence-corrected chi connectivity index (χ1v) is 8.61. The van der Waals surface area contributed by atoms with Crippen LogP contribution in [0.25, 0.3) is 11.1 Å². The number of carboxylic acids is 1. The van der Waals surface area contributed by atoms with Crippen molar-refractivity contribution in [1.29, 1.82) is 0 Å². The molecule has 0 radical (unpaired) electrons. The van der Waals surface area contributed by atoms with Gasteiger partial charge in [-0.2, -0.15) is 0 Å². The highest BCUT2D eigenvalue weighted by atomic mass is 32.2. The van der Waals surface area contributed by atoms with Gasteiger partial charge in [0.1, 0.15) is 18.8 Å². The van der Waals surface area contributed by atoms with Gasteiger partial charge in [-0.3, -0.25) is 0 Å². The predicted octanol–water partition coefficient (Wildman–Crippen LogP) is 1.73. The minimum absolute atomic E-state index is 0.00845. The van der Waals surface area contributed by atoms with Crippen molar-refractivity contribution in [3.8, 4) is 22.6 Å². The number of sulfonamides is 1. The van der Waals surface area contributed by atoms with Crippen molar-refractivity contribution in [3.63, 3.8) is 0 Å². The van der Waals surface area contributed by atoms with Crippen LogP contribution in [0.5, 0.6) is 11.5 Å². The fourth-order valence-electron chi connectivity index (χ4n) is 2.42. The summed E-state index contributed by atoms with van der Waals surface area (Å²) in [5.74, 6) is -0.539. The van der Waals surface area contributed by atoms with E-state index < -0.39 is 16.0 Å². The molecule has 0 fully saturated rings. The van der Waals surface area contributed by atoms with Gasteiger partial charge in [-0.1, -0.05) is 12.1 Å². The molecule has 0 spiro atoms. The van der Waals surface area contributed by atoms with Gasteiger partial charge in [-0.05, 0) is 42.4 Å². The van der Waals surface area contributed by atoms with Gasteiger partial charge in [0.05, 0.1) is 4.90 Å². The molecule has 2 aromatic rings. The second kappa shape index (κ2) is 6.14. The fraction of sp³-hybridized carbons (Fsp3) is 0.188. The molecule has 2 N–H and O–H groups in total.